The van der Waals surface area contributed by atoms with Gasteiger partial charge in [-0.2, -0.15) is 0 Å². The summed E-state index contributed by atoms with van der Waals surface area (Å²) in [5.41, 5.74) is 0.754. The molecule has 0 aromatic carbocycles. The van der Waals surface area contributed by atoms with Gasteiger partial charge in [0.2, 0.25) is 0 Å². The number of anilines is 1. The topological polar surface area (TPSA) is 48.4 Å². The van der Waals surface area contributed by atoms with E-state index in [2.05, 4.69) is 27.3 Å². The molecular weight excluding hydrogens is 238 g/mol. The van der Waals surface area contributed by atoms with Gasteiger partial charge >= 0.3 is 0 Å². The number of nitrogens with one attached hydrogen (secondary N) is 1. The molecule has 1 aliphatic carbocycles. The van der Waals surface area contributed by atoms with Gasteiger partial charge < -0.3 is 15.3 Å². The van der Waals surface area contributed by atoms with Crippen LogP contribution in [0.25, 0.3) is 0 Å². The fourth-order valence-electron chi connectivity index (χ4n) is 2.48. The number of aromatic nitrogens is 1. The lowest BCUT2D eigenvalue weighted by atomic mass is 9.94. The molecule has 2 heterocycles. The Balaban J connectivity index is 1.56. The van der Waals surface area contributed by atoms with Crippen molar-refractivity contribution in [1.82, 2.24) is 10.3 Å². The minimum atomic E-state index is -0.495. The van der Waals surface area contributed by atoms with E-state index in [0.717, 1.165) is 44.3 Å². The van der Waals surface area contributed by atoms with Crippen molar-refractivity contribution in [2.45, 2.75) is 50.8 Å². The van der Waals surface area contributed by atoms with Crippen LogP contribution in [-0.4, -0.2) is 34.8 Å². The van der Waals surface area contributed by atoms with Crippen LogP contribution >= 0.6 is 0 Å². The zero-order valence-electron chi connectivity index (χ0n) is 11.6. The highest BCUT2D eigenvalue weighted by atomic mass is 16.3. The molecule has 0 amide bonds. The molecule has 1 aromatic heterocycles. The number of nitrogens with zero attached hydrogens (tertiary/aromatic N) is 2. The predicted octanol–water partition coefficient (Wildman–Crippen LogP) is 1.68. The van der Waals surface area contributed by atoms with Crippen molar-refractivity contribution in [3.63, 3.8) is 0 Å². The summed E-state index contributed by atoms with van der Waals surface area (Å²) in [6.07, 6.45) is 6.25. The first-order chi connectivity index (χ1) is 9.12. The van der Waals surface area contributed by atoms with Crippen LogP contribution in [0.3, 0.4) is 0 Å². The molecule has 2 fully saturated rings. The number of rotatable bonds is 4. The van der Waals surface area contributed by atoms with E-state index in [1.54, 1.807) is 0 Å². The summed E-state index contributed by atoms with van der Waals surface area (Å²) in [7, 11) is 0. The number of aliphatic hydroxyl groups is 1. The SMILES string of the molecule is CC1(O)CCN(c2ccc(CNC3CC3)cn2)CC1. The molecule has 3 rings (SSSR count). The summed E-state index contributed by atoms with van der Waals surface area (Å²) in [6, 6.07) is 5.00. The Bertz CT molecular complexity index is 416. The van der Waals surface area contributed by atoms with Crippen LogP contribution in [0.1, 0.15) is 38.2 Å². The number of hydrogen-bond donors (Lipinski definition) is 2. The smallest absolute Gasteiger partial charge is 0.128 e. The summed E-state index contributed by atoms with van der Waals surface area (Å²) in [6.45, 7) is 4.62. The van der Waals surface area contributed by atoms with Crippen molar-refractivity contribution in [3.8, 4) is 0 Å². The van der Waals surface area contributed by atoms with Gasteiger partial charge in [0.25, 0.3) is 0 Å². The van der Waals surface area contributed by atoms with Crippen LogP contribution in [0.2, 0.25) is 0 Å². The van der Waals surface area contributed by atoms with E-state index in [1.807, 2.05) is 13.1 Å². The molecule has 1 saturated carbocycles. The molecule has 0 atom stereocenters. The second-order valence-corrected chi connectivity index (χ2v) is 6.16. The normalized spacial score (nSPS) is 22.5. The summed E-state index contributed by atoms with van der Waals surface area (Å²) >= 11 is 0. The zero-order chi connectivity index (χ0) is 13.3. The minimum absolute atomic E-state index is 0.495. The molecule has 1 saturated heterocycles. The monoisotopic (exact) mass is 261 g/mol. The number of pyridine rings is 1. The molecule has 4 nitrogen and oxygen atoms in total. The zero-order valence-corrected chi connectivity index (χ0v) is 11.6. The quantitative estimate of drug-likeness (QED) is 0.866. The molecule has 0 unspecified atom stereocenters. The average molecular weight is 261 g/mol. The molecule has 0 radical (unpaired) electrons. The highest BCUT2D eigenvalue weighted by Gasteiger charge is 2.27. The van der Waals surface area contributed by atoms with Crippen LogP contribution < -0.4 is 10.2 Å². The highest BCUT2D eigenvalue weighted by Crippen LogP contribution is 2.24. The fraction of sp³-hybridized carbons (Fsp3) is 0.667. The Morgan fingerprint density at radius 1 is 1.37 bits per heavy atom. The van der Waals surface area contributed by atoms with Gasteiger partial charge in [-0.05, 0) is 44.2 Å². The van der Waals surface area contributed by atoms with Gasteiger partial charge in [-0.25, -0.2) is 4.98 Å². The maximum absolute atomic E-state index is 9.96. The van der Waals surface area contributed by atoms with E-state index in [4.69, 9.17) is 0 Å². The first kappa shape index (κ1) is 12.9. The van der Waals surface area contributed by atoms with Gasteiger partial charge in [0.1, 0.15) is 5.82 Å². The molecule has 0 bridgehead atoms. The first-order valence-corrected chi connectivity index (χ1v) is 7.28. The van der Waals surface area contributed by atoms with Crippen molar-refractivity contribution in [3.05, 3.63) is 23.9 Å². The van der Waals surface area contributed by atoms with E-state index in [-0.39, 0.29) is 0 Å². The van der Waals surface area contributed by atoms with Crippen molar-refractivity contribution >= 4 is 5.82 Å². The third-order valence-corrected chi connectivity index (χ3v) is 4.15. The van der Waals surface area contributed by atoms with E-state index < -0.39 is 5.60 Å². The van der Waals surface area contributed by atoms with Gasteiger partial charge in [-0.1, -0.05) is 6.07 Å². The fourth-order valence-corrected chi connectivity index (χ4v) is 2.48. The van der Waals surface area contributed by atoms with Crippen LogP contribution in [0.5, 0.6) is 0 Å². The summed E-state index contributed by atoms with van der Waals surface area (Å²) in [5, 5.41) is 13.5. The van der Waals surface area contributed by atoms with Gasteiger partial charge in [0.05, 0.1) is 5.60 Å². The lowest BCUT2D eigenvalue weighted by Crippen LogP contribution is -2.42. The van der Waals surface area contributed by atoms with Gasteiger partial charge in [-0.3, -0.25) is 0 Å². The first-order valence-electron chi connectivity index (χ1n) is 7.28. The lowest BCUT2D eigenvalue weighted by Gasteiger charge is -2.36. The van der Waals surface area contributed by atoms with Crippen molar-refractivity contribution in [2.75, 3.05) is 18.0 Å². The van der Waals surface area contributed by atoms with Gasteiger partial charge in [-0.15, -0.1) is 0 Å². The van der Waals surface area contributed by atoms with Crippen LogP contribution in [0.15, 0.2) is 18.3 Å². The maximum Gasteiger partial charge on any atom is 0.128 e. The molecule has 19 heavy (non-hydrogen) atoms. The predicted molar refractivity (Wildman–Crippen MR) is 76.2 cm³/mol. The molecule has 2 aliphatic rings. The van der Waals surface area contributed by atoms with Crippen molar-refractivity contribution in [2.24, 2.45) is 0 Å². The molecule has 104 valence electrons. The maximum atomic E-state index is 9.96. The van der Waals surface area contributed by atoms with E-state index >= 15 is 0 Å². The highest BCUT2D eigenvalue weighted by molar-refractivity contribution is 5.40. The summed E-state index contributed by atoms with van der Waals surface area (Å²) in [4.78, 5) is 6.81. The van der Waals surface area contributed by atoms with Crippen LogP contribution in [-0.2, 0) is 6.54 Å². The Kier molecular flexibility index (Phi) is 3.46. The van der Waals surface area contributed by atoms with Crippen LogP contribution in [0, 0.1) is 0 Å². The van der Waals surface area contributed by atoms with Gasteiger partial charge in [0, 0.05) is 31.9 Å². The van der Waals surface area contributed by atoms with E-state index in [0.29, 0.717) is 0 Å². The lowest BCUT2D eigenvalue weighted by molar-refractivity contribution is 0.0350. The standard InChI is InChI=1S/C15H23N3O/c1-15(19)6-8-18(9-7-15)14-5-2-12(11-17-14)10-16-13-3-4-13/h2,5,11,13,16,19H,3-4,6-10H2,1H3. The Morgan fingerprint density at radius 2 is 2.11 bits per heavy atom. The minimum Gasteiger partial charge on any atom is -0.390 e. The second kappa shape index (κ2) is 5.10. The molecule has 2 N–H and O–H groups in total. The molecule has 1 aromatic rings. The van der Waals surface area contributed by atoms with E-state index in [1.165, 1.54) is 18.4 Å². The van der Waals surface area contributed by atoms with E-state index in [9.17, 15) is 5.11 Å². The van der Waals surface area contributed by atoms with Crippen molar-refractivity contribution < 1.29 is 5.11 Å². The largest absolute Gasteiger partial charge is 0.390 e. The second-order valence-electron chi connectivity index (χ2n) is 6.16. The number of hydrogen-bond acceptors (Lipinski definition) is 4. The Labute approximate surface area is 114 Å². The Hall–Kier alpha value is -1.13. The average Bonchev–Trinajstić information content (AvgIpc) is 3.21. The molecule has 1 aliphatic heterocycles. The summed E-state index contributed by atoms with van der Waals surface area (Å²) < 4.78 is 0. The number of piperidine rings is 1. The summed E-state index contributed by atoms with van der Waals surface area (Å²) in [5.74, 6) is 1.03. The van der Waals surface area contributed by atoms with Gasteiger partial charge in [0.15, 0.2) is 0 Å². The third kappa shape index (κ3) is 3.45. The Morgan fingerprint density at radius 3 is 2.68 bits per heavy atom. The van der Waals surface area contributed by atoms with Crippen molar-refractivity contribution in [1.29, 1.82) is 0 Å². The molecule has 4 heteroatoms. The van der Waals surface area contributed by atoms with Crippen LogP contribution in [0.4, 0.5) is 5.82 Å². The molecular formula is C15H23N3O. The molecule has 0 spiro atoms. The third-order valence-electron chi connectivity index (χ3n) is 4.15.